The monoisotopic (exact) mass is 597 g/mol. The first-order valence-electron chi connectivity index (χ1n) is 13.5. The number of hydrogen-bond acceptors (Lipinski definition) is 6. The van der Waals surface area contributed by atoms with E-state index in [1.807, 2.05) is 12.1 Å². The summed E-state index contributed by atoms with van der Waals surface area (Å²) in [6.45, 7) is 1.50. The molecule has 2 aliphatic carbocycles. The molecule has 0 saturated carbocycles. The van der Waals surface area contributed by atoms with Gasteiger partial charge >= 0.3 is 0 Å². The van der Waals surface area contributed by atoms with Gasteiger partial charge in [-0.2, -0.15) is 0 Å². The Labute approximate surface area is 236 Å². The van der Waals surface area contributed by atoms with Crippen LogP contribution in [0.15, 0.2) is 63.4 Å². The van der Waals surface area contributed by atoms with E-state index >= 15 is 0 Å². The Bertz CT molecular complexity index is 1310. The molecule has 1 heterocycles. The molecule has 1 aliphatic heterocycles. The van der Waals surface area contributed by atoms with E-state index in [1.165, 1.54) is 12.1 Å². The first-order chi connectivity index (χ1) is 18.9. The van der Waals surface area contributed by atoms with Crippen molar-refractivity contribution < 1.29 is 28.2 Å². The molecule has 0 N–H and O–H groups in total. The number of Topliss-reactive ketones (excluding diaryl/α,β-unsaturated/α-hetero) is 2. The highest BCUT2D eigenvalue weighted by Gasteiger charge is 2.43. The number of rotatable bonds is 9. The van der Waals surface area contributed by atoms with E-state index in [0.29, 0.717) is 41.0 Å². The molecule has 6 nitrogen and oxygen atoms in total. The molecule has 0 radical (unpaired) electrons. The molecule has 0 saturated heterocycles. The van der Waals surface area contributed by atoms with Gasteiger partial charge in [0.2, 0.25) is 0 Å². The summed E-state index contributed by atoms with van der Waals surface area (Å²) in [5.41, 5.74) is 5.06. The van der Waals surface area contributed by atoms with E-state index in [4.69, 9.17) is 14.2 Å². The summed E-state index contributed by atoms with van der Waals surface area (Å²) in [6, 6.07) is 10.1. The van der Waals surface area contributed by atoms with Crippen molar-refractivity contribution in [3.8, 4) is 11.5 Å². The lowest BCUT2D eigenvalue weighted by atomic mass is 9.71. The summed E-state index contributed by atoms with van der Waals surface area (Å²) in [7, 11) is 3.25. The smallest absolute Gasteiger partial charge is 0.175 e. The average molecular weight is 599 g/mol. The molecule has 3 aliphatic rings. The normalized spacial score (nSPS) is 17.9. The van der Waals surface area contributed by atoms with E-state index in [-0.39, 0.29) is 24.0 Å². The molecule has 39 heavy (non-hydrogen) atoms. The van der Waals surface area contributed by atoms with E-state index < -0.39 is 5.92 Å². The predicted octanol–water partition coefficient (Wildman–Crippen LogP) is 6.63. The van der Waals surface area contributed by atoms with E-state index in [2.05, 4.69) is 20.8 Å². The van der Waals surface area contributed by atoms with E-state index in [9.17, 15) is 14.0 Å². The zero-order valence-electron chi connectivity index (χ0n) is 22.4. The Hall–Kier alpha value is -2.97. The quantitative estimate of drug-likeness (QED) is 0.302. The fourth-order valence-electron chi connectivity index (χ4n) is 6.02. The minimum atomic E-state index is -0.447. The third-order valence-corrected chi connectivity index (χ3v) is 8.26. The van der Waals surface area contributed by atoms with Crippen molar-refractivity contribution in [1.82, 2.24) is 4.90 Å². The number of carbonyl (C=O) groups excluding carboxylic acids is 2. The van der Waals surface area contributed by atoms with Gasteiger partial charge in [0.1, 0.15) is 12.4 Å². The van der Waals surface area contributed by atoms with Gasteiger partial charge in [0.25, 0.3) is 0 Å². The highest BCUT2D eigenvalue weighted by molar-refractivity contribution is 9.10. The third-order valence-electron chi connectivity index (χ3n) is 7.67. The van der Waals surface area contributed by atoms with Crippen LogP contribution in [0, 0.1) is 5.82 Å². The van der Waals surface area contributed by atoms with Gasteiger partial charge in [-0.15, -0.1) is 0 Å². The first kappa shape index (κ1) is 27.6. The number of benzene rings is 2. The molecule has 0 spiro atoms. The van der Waals surface area contributed by atoms with Gasteiger partial charge in [0.15, 0.2) is 23.1 Å². The lowest BCUT2D eigenvalue weighted by Gasteiger charge is -2.44. The average Bonchev–Trinajstić information content (AvgIpc) is 2.92. The standard InChI is InChI=1S/C31H33BrFNO5/c1-37-14-6-13-34-23-9-4-11-25(35)29(23)28(30-24(34)10-5-12-26(30)36)20-16-22(32)31(27(17-20)38-2)39-18-19-7-3-8-21(33)15-19/h3,7-8,15-17,28H,4-6,9-14,18H2,1-2H3. The molecule has 0 atom stereocenters. The number of allylic oxidation sites excluding steroid dienone is 4. The number of halogens is 2. The lowest BCUT2D eigenvalue weighted by molar-refractivity contribution is -0.117. The molecule has 8 heteroatoms. The minimum Gasteiger partial charge on any atom is -0.493 e. The van der Waals surface area contributed by atoms with Gasteiger partial charge in [-0.25, -0.2) is 4.39 Å². The molecule has 0 aromatic heterocycles. The third kappa shape index (κ3) is 5.54. The molecule has 2 aromatic carbocycles. The van der Waals surface area contributed by atoms with Gasteiger partial charge < -0.3 is 19.1 Å². The van der Waals surface area contributed by atoms with Crippen LogP contribution < -0.4 is 9.47 Å². The molecule has 0 amide bonds. The number of ether oxygens (including phenoxy) is 3. The Morgan fingerprint density at radius 1 is 0.974 bits per heavy atom. The highest BCUT2D eigenvalue weighted by Crippen LogP contribution is 2.51. The molecular weight excluding hydrogens is 565 g/mol. The SMILES string of the molecule is COCCCN1C2=C(C(=O)CCC2)C(c2cc(Br)c(OCc3cccc(F)c3)c(OC)c2)C2=C1CCCC2=O. The van der Waals surface area contributed by atoms with Gasteiger partial charge in [-0.3, -0.25) is 9.59 Å². The van der Waals surface area contributed by atoms with Crippen molar-refractivity contribution in [2.24, 2.45) is 0 Å². The van der Waals surface area contributed by atoms with Crippen LogP contribution >= 0.6 is 15.9 Å². The summed E-state index contributed by atoms with van der Waals surface area (Å²) in [5.74, 6) is 0.393. The van der Waals surface area contributed by atoms with Crippen LogP contribution in [0.4, 0.5) is 4.39 Å². The second kappa shape index (κ2) is 12.0. The molecule has 2 aromatic rings. The molecule has 0 bridgehead atoms. The second-order valence-electron chi connectivity index (χ2n) is 10.2. The van der Waals surface area contributed by atoms with Crippen LogP contribution in [0.5, 0.6) is 11.5 Å². The van der Waals surface area contributed by atoms with E-state index in [1.54, 1.807) is 26.4 Å². The molecule has 206 valence electrons. The maximum atomic E-state index is 13.7. The maximum Gasteiger partial charge on any atom is 0.175 e. The fourth-order valence-corrected chi connectivity index (χ4v) is 6.59. The van der Waals surface area contributed by atoms with Crippen LogP contribution in [-0.2, 0) is 20.9 Å². The Kier molecular flexibility index (Phi) is 8.52. The van der Waals surface area contributed by atoms with Gasteiger partial charge in [0, 0.05) is 61.6 Å². The van der Waals surface area contributed by atoms with Crippen LogP contribution in [0.2, 0.25) is 0 Å². The fraction of sp³-hybridized carbons (Fsp3) is 0.419. The molecule has 0 fully saturated rings. The van der Waals surface area contributed by atoms with Crippen LogP contribution in [-0.4, -0.2) is 43.8 Å². The molecular formula is C31H33BrFNO5. The van der Waals surface area contributed by atoms with Crippen molar-refractivity contribution in [3.05, 3.63) is 80.4 Å². The van der Waals surface area contributed by atoms with Crippen molar-refractivity contribution in [1.29, 1.82) is 0 Å². The number of ketones is 2. The predicted molar refractivity (Wildman–Crippen MR) is 149 cm³/mol. The summed E-state index contributed by atoms with van der Waals surface area (Å²) in [5, 5.41) is 0. The largest absolute Gasteiger partial charge is 0.493 e. The molecule has 5 rings (SSSR count). The summed E-state index contributed by atoms with van der Waals surface area (Å²) >= 11 is 3.65. The maximum absolute atomic E-state index is 13.7. The highest BCUT2D eigenvalue weighted by atomic mass is 79.9. The van der Waals surface area contributed by atoms with Gasteiger partial charge in [-0.1, -0.05) is 12.1 Å². The number of methoxy groups -OCH3 is 2. The Morgan fingerprint density at radius 3 is 2.28 bits per heavy atom. The summed E-state index contributed by atoms with van der Waals surface area (Å²) in [6.07, 6.45) is 5.00. The number of hydrogen-bond donors (Lipinski definition) is 0. The second-order valence-corrected chi connectivity index (χ2v) is 11.0. The number of carbonyl (C=O) groups is 2. The van der Waals surface area contributed by atoms with Crippen molar-refractivity contribution in [3.63, 3.8) is 0 Å². The Balaban J connectivity index is 1.57. The minimum absolute atomic E-state index is 0.101. The van der Waals surface area contributed by atoms with Crippen LogP contribution in [0.25, 0.3) is 0 Å². The summed E-state index contributed by atoms with van der Waals surface area (Å²) in [4.78, 5) is 29.3. The number of nitrogens with zero attached hydrogens (tertiary/aromatic N) is 1. The topological polar surface area (TPSA) is 65.1 Å². The van der Waals surface area contributed by atoms with Crippen LogP contribution in [0.3, 0.4) is 0 Å². The summed E-state index contributed by atoms with van der Waals surface area (Å²) < 4.78 is 31.4. The van der Waals surface area contributed by atoms with E-state index in [0.717, 1.165) is 66.8 Å². The van der Waals surface area contributed by atoms with Crippen LogP contribution in [0.1, 0.15) is 62.0 Å². The zero-order valence-corrected chi connectivity index (χ0v) is 23.9. The van der Waals surface area contributed by atoms with Crippen molar-refractivity contribution in [2.75, 3.05) is 27.4 Å². The van der Waals surface area contributed by atoms with Crippen molar-refractivity contribution in [2.45, 2.75) is 57.5 Å². The van der Waals surface area contributed by atoms with Crippen molar-refractivity contribution >= 4 is 27.5 Å². The lowest BCUT2D eigenvalue weighted by Crippen LogP contribution is -2.39. The Morgan fingerprint density at radius 2 is 1.67 bits per heavy atom. The molecule has 0 unspecified atom stereocenters. The first-order valence-corrected chi connectivity index (χ1v) is 14.3. The van der Waals surface area contributed by atoms with Gasteiger partial charge in [0.05, 0.1) is 11.6 Å². The van der Waals surface area contributed by atoms with Gasteiger partial charge in [-0.05, 0) is 83.4 Å². The zero-order chi connectivity index (χ0) is 27.5.